The van der Waals surface area contributed by atoms with E-state index in [1.165, 1.54) is 24.3 Å². The number of nitrogens with one attached hydrogen (secondary N) is 1. The molecule has 0 fully saturated rings. The summed E-state index contributed by atoms with van der Waals surface area (Å²) in [6.45, 7) is 1.63. The maximum Gasteiger partial charge on any atom is 0.400 e. The van der Waals surface area contributed by atoms with E-state index in [2.05, 4.69) is 19.8 Å². The second-order valence-corrected chi connectivity index (χ2v) is 8.25. The van der Waals surface area contributed by atoms with Crippen molar-refractivity contribution in [2.24, 2.45) is 0 Å². The lowest BCUT2D eigenvalue weighted by Crippen LogP contribution is -2.15. The van der Waals surface area contributed by atoms with Gasteiger partial charge in [-0.05, 0) is 42.8 Å². The molecule has 29 heavy (non-hydrogen) atoms. The Labute approximate surface area is 167 Å². The van der Waals surface area contributed by atoms with Crippen LogP contribution in [0.25, 0.3) is 11.4 Å². The van der Waals surface area contributed by atoms with Gasteiger partial charge in [-0.1, -0.05) is 17.3 Å². The fourth-order valence-electron chi connectivity index (χ4n) is 2.35. The fraction of sp³-hybridized carbons (Fsp3) is 0.176. The Morgan fingerprint density at radius 1 is 1.21 bits per heavy atom. The number of hydrogen-bond acceptors (Lipinski definition) is 5. The zero-order valence-electron chi connectivity index (χ0n) is 14.7. The molecule has 3 rings (SSSR count). The number of halogens is 5. The Balaban J connectivity index is 1.90. The monoisotopic (exact) mass is 449 g/mol. The van der Waals surface area contributed by atoms with Crippen LogP contribution in [0, 0.1) is 11.6 Å². The van der Waals surface area contributed by atoms with Crippen LogP contribution < -0.4 is 10.4 Å². The average molecular weight is 450 g/mol. The van der Waals surface area contributed by atoms with Crippen molar-refractivity contribution in [1.82, 2.24) is 10.1 Å². The average Bonchev–Trinajstić information content (AvgIpc) is 3.15. The van der Waals surface area contributed by atoms with Gasteiger partial charge >= 0.3 is 18.8 Å². The van der Waals surface area contributed by atoms with Crippen molar-refractivity contribution in [3.63, 3.8) is 0 Å². The largest absolute Gasteiger partial charge is 0.400 e. The fourth-order valence-corrected chi connectivity index (χ4v) is 4.18. The molecule has 3 aromatic rings. The summed E-state index contributed by atoms with van der Waals surface area (Å²) in [6, 6.07) is 8.27. The molecule has 1 atom stereocenters. The Morgan fingerprint density at radius 2 is 1.90 bits per heavy atom. The Morgan fingerprint density at radius 3 is 2.45 bits per heavy atom. The number of alkyl halides is 3. The molecule has 154 valence electrons. The van der Waals surface area contributed by atoms with E-state index in [0.717, 1.165) is 12.1 Å². The first-order valence-electron chi connectivity index (χ1n) is 8.12. The standard InChI is InChI=1S/C17H13ClF4N3O3P/c1-2-27-29(26,25-14-8-5-11(19)9-13(14)20)12-6-3-10(4-7-12)15-23-16(28-24-15)17(18,21)22/h3-9H,2H2,1H3,(H,25,26). The van der Waals surface area contributed by atoms with E-state index in [4.69, 9.17) is 16.1 Å². The highest BCUT2D eigenvalue weighted by Crippen LogP contribution is 2.46. The van der Waals surface area contributed by atoms with E-state index in [0.29, 0.717) is 6.07 Å². The van der Waals surface area contributed by atoms with Crippen LogP contribution in [0.2, 0.25) is 0 Å². The Kier molecular flexibility index (Phi) is 5.97. The highest BCUT2D eigenvalue weighted by atomic mass is 35.5. The molecule has 12 heteroatoms. The van der Waals surface area contributed by atoms with Gasteiger partial charge in [0.25, 0.3) is 0 Å². The molecular formula is C17H13ClF4N3O3P. The van der Waals surface area contributed by atoms with Crippen molar-refractivity contribution in [2.45, 2.75) is 12.3 Å². The highest BCUT2D eigenvalue weighted by molar-refractivity contribution is 7.68. The van der Waals surface area contributed by atoms with Crippen molar-refractivity contribution in [3.8, 4) is 11.4 Å². The number of aromatic nitrogens is 2. The van der Waals surface area contributed by atoms with Gasteiger partial charge in [-0.25, -0.2) is 8.78 Å². The molecule has 1 aromatic heterocycles. The first kappa shape index (κ1) is 21.3. The van der Waals surface area contributed by atoms with Crippen LogP contribution in [0.3, 0.4) is 0 Å². The summed E-state index contributed by atoms with van der Waals surface area (Å²) in [6.07, 6.45) is 0. The van der Waals surface area contributed by atoms with Crippen molar-refractivity contribution in [1.29, 1.82) is 0 Å². The number of rotatable bonds is 7. The van der Waals surface area contributed by atoms with Gasteiger partial charge < -0.3 is 14.1 Å². The molecule has 2 aromatic carbocycles. The molecule has 1 unspecified atom stereocenters. The molecule has 1 N–H and O–H groups in total. The predicted octanol–water partition coefficient (Wildman–Crippen LogP) is 5.27. The molecule has 6 nitrogen and oxygen atoms in total. The molecule has 0 aliphatic heterocycles. The summed E-state index contributed by atoms with van der Waals surface area (Å²) in [5, 5.41) is 2.24. The van der Waals surface area contributed by atoms with E-state index in [9.17, 15) is 22.1 Å². The quantitative estimate of drug-likeness (QED) is 0.301. The Bertz CT molecular complexity index is 1060. The minimum Gasteiger partial charge on any atom is -0.331 e. The summed E-state index contributed by atoms with van der Waals surface area (Å²) in [5.41, 5.74) is 0.0695. The van der Waals surface area contributed by atoms with Crippen LogP contribution in [0.15, 0.2) is 47.0 Å². The molecule has 0 amide bonds. The van der Waals surface area contributed by atoms with Gasteiger partial charge in [0.05, 0.1) is 17.6 Å². The van der Waals surface area contributed by atoms with Crippen LogP contribution in [-0.4, -0.2) is 16.7 Å². The van der Waals surface area contributed by atoms with Gasteiger partial charge in [0, 0.05) is 11.6 Å². The molecule has 1 heterocycles. The van der Waals surface area contributed by atoms with Gasteiger partial charge in [-0.15, -0.1) is 0 Å². The summed E-state index contributed by atoms with van der Waals surface area (Å²) in [7, 11) is -3.79. The van der Waals surface area contributed by atoms with Gasteiger partial charge in [0.2, 0.25) is 5.82 Å². The van der Waals surface area contributed by atoms with E-state index >= 15 is 0 Å². The molecule has 0 spiro atoms. The number of benzene rings is 2. The van der Waals surface area contributed by atoms with Gasteiger partial charge in [0.1, 0.15) is 11.6 Å². The maximum atomic E-state index is 13.9. The van der Waals surface area contributed by atoms with Gasteiger partial charge in [-0.3, -0.25) is 4.57 Å². The molecular weight excluding hydrogens is 437 g/mol. The third-order valence-electron chi connectivity index (χ3n) is 3.64. The molecule has 0 bridgehead atoms. The molecule has 0 saturated carbocycles. The van der Waals surface area contributed by atoms with Crippen LogP contribution in [0.5, 0.6) is 0 Å². The van der Waals surface area contributed by atoms with Crippen LogP contribution in [-0.2, 0) is 14.5 Å². The zero-order valence-corrected chi connectivity index (χ0v) is 16.4. The van der Waals surface area contributed by atoms with Gasteiger partial charge in [-0.2, -0.15) is 13.8 Å². The smallest absolute Gasteiger partial charge is 0.331 e. The van der Waals surface area contributed by atoms with Crippen molar-refractivity contribution < 1.29 is 31.2 Å². The first-order chi connectivity index (χ1) is 13.6. The third-order valence-corrected chi connectivity index (χ3v) is 5.94. The van der Waals surface area contributed by atoms with Crippen LogP contribution in [0.4, 0.5) is 23.2 Å². The zero-order chi connectivity index (χ0) is 21.2. The number of hydrogen-bond donors (Lipinski definition) is 1. The lowest BCUT2D eigenvalue weighted by Gasteiger charge is -2.20. The number of anilines is 1. The predicted molar refractivity (Wildman–Crippen MR) is 98.3 cm³/mol. The van der Waals surface area contributed by atoms with Crippen LogP contribution in [0.1, 0.15) is 12.8 Å². The topological polar surface area (TPSA) is 77.2 Å². The van der Waals surface area contributed by atoms with Crippen molar-refractivity contribution >= 4 is 30.1 Å². The van der Waals surface area contributed by atoms with E-state index in [1.807, 2.05) is 0 Å². The number of nitrogens with zero attached hydrogens (tertiary/aromatic N) is 2. The first-order valence-corrected chi connectivity index (χ1v) is 10.1. The van der Waals surface area contributed by atoms with Gasteiger partial charge in [0.15, 0.2) is 0 Å². The summed E-state index contributed by atoms with van der Waals surface area (Å²) in [5.74, 6) is -2.95. The van der Waals surface area contributed by atoms with Crippen LogP contribution >= 0.6 is 19.1 Å². The minimum atomic E-state index is -3.81. The molecule has 0 aliphatic carbocycles. The summed E-state index contributed by atoms with van der Waals surface area (Å²) in [4.78, 5) is 3.51. The minimum absolute atomic E-state index is 0.0356. The lowest BCUT2D eigenvalue weighted by molar-refractivity contribution is 0.0551. The molecule has 0 radical (unpaired) electrons. The highest BCUT2D eigenvalue weighted by Gasteiger charge is 2.36. The summed E-state index contributed by atoms with van der Waals surface area (Å²) < 4.78 is 76.0. The van der Waals surface area contributed by atoms with E-state index < -0.39 is 30.4 Å². The second-order valence-electron chi connectivity index (χ2n) is 5.67. The third kappa shape index (κ3) is 4.77. The Hall–Kier alpha value is -2.42. The summed E-state index contributed by atoms with van der Waals surface area (Å²) >= 11 is 4.83. The van der Waals surface area contributed by atoms with Crippen molar-refractivity contribution in [2.75, 3.05) is 11.7 Å². The van der Waals surface area contributed by atoms with Crippen molar-refractivity contribution in [3.05, 3.63) is 60.0 Å². The molecule has 0 aliphatic rings. The normalized spacial score (nSPS) is 13.9. The lowest BCUT2D eigenvalue weighted by atomic mass is 10.2. The van der Waals surface area contributed by atoms with E-state index in [-0.39, 0.29) is 29.0 Å². The second kappa shape index (κ2) is 8.14. The van der Waals surface area contributed by atoms with E-state index in [1.54, 1.807) is 6.92 Å². The SMILES string of the molecule is CCOP(=O)(Nc1ccc(F)cc1F)c1ccc(-c2noc(C(F)(F)Cl)n2)cc1. The molecule has 0 saturated heterocycles. The maximum absolute atomic E-state index is 13.9.